The molecule has 0 bridgehead atoms. The molecule has 2 N–H and O–H groups in total. The lowest BCUT2D eigenvalue weighted by molar-refractivity contribution is -0.143. The van der Waals surface area contributed by atoms with Crippen LogP contribution in [-0.2, 0) is 19.7 Å². The minimum Gasteiger partial charge on any atom is -0.508 e. The van der Waals surface area contributed by atoms with Crippen LogP contribution in [0.2, 0.25) is 0 Å². The van der Waals surface area contributed by atoms with Crippen LogP contribution in [0.5, 0.6) is 11.5 Å². The van der Waals surface area contributed by atoms with Gasteiger partial charge in [0.2, 0.25) is 0 Å². The van der Waals surface area contributed by atoms with Gasteiger partial charge in [-0.15, -0.1) is 0 Å². The Balaban J connectivity index is 0.000000794. The Labute approximate surface area is 310 Å². The van der Waals surface area contributed by atoms with Crippen molar-refractivity contribution < 1.29 is 29.3 Å². The van der Waals surface area contributed by atoms with E-state index in [0.717, 1.165) is 30.6 Å². The second-order valence-corrected chi connectivity index (χ2v) is 16.6. The predicted molar refractivity (Wildman–Crippen MR) is 213 cm³/mol. The monoisotopic (exact) mass is 720 g/mol. The lowest BCUT2D eigenvalue weighted by Crippen LogP contribution is -2.39. The average molecular weight is 721 g/mol. The van der Waals surface area contributed by atoms with Crippen molar-refractivity contribution in [3.05, 3.63) is 59.7 Å². The number of Topliss-reactive ketones (excluding diaryl/α,β-unsaturated/α-hetero) is 2. The van der Waals surface area contributed by atoms with E-state index in [1.54, 1.807) is 12.1 Å². The zero-order valence-corrected chi connectivity index (χ0v) is 34.3. The molecule has 0 aliphatic heterocycles. The van der Waals surface area contributed by atoms with Gasteiger partial charge in [-0.2, -0.15) is 25.3 Å². The third-order valence-corrected chi connectivity index (χ3v) is 9.28. The van der Waals surface area contributed by atoms with Crippen molar-refractivity contribution in [2.24, 2.45) is 11.8 Å². The van der Waals surface area contributed by atoms with Gasteiger partial charge in [0, 0.05) is 54.3 Å². The summed E-state index contributed by atoms with van der Waals surface area (Å²) in [6.45, 7) is 25.1. The molecule has 0 heterocycles. The van der Waals surface area contributed by atoms with E-state index in [-0.39, 0.29) is 45.6 Å². The first kappa shape index (κ1) is 47.0. The van der Waals surface area contributed by atoms with Crippen molar-refractivity contribution in [2.75, 3.05) is 13.2 Å². The maximum absolute atomic E-state index is 12.0. The number of phenols is 1. The largest absolute Gasteiger partial charge is 0.508 e. The number of phenolic OH excluding ortho intramolecular Hbond substituents is 1. The number of benzene rings is 2. The molecule has 0 aliphatic carbocycles. The highest BCUT2D eigenvalue weighted by Crippen LogP contribution is 2.34. The van der Waals surface area contributed by atoms with E-state index in [2.05, 4.69) is 72.0 Å². The first-order chi connectivity index (χ1) is 22.7. The van der Waals surface area contributed by atoms with Gasteiger partial charge >= 0.3 is 0 Å². The first-order valence-corrected chi connectivity index (χ1v) is 19.0. The minimum atomic E-state index is -0.619. The van der Waals surface area contributed by atoms with Crippen LogP contribution >= 0.6 is 25.3 Å². The molecule has 280 valence electrons. The number of ether oxygens (including phenoxy) is 2. The molecule has 49 heavy (non-hydrogen) atoms. The van der Waals surface area contributed by atoms with Crippen LogP contribution in [0.4, 0.5) is 0 Å². The number of carbonyl (C=O) groups excluding carboxylic acids is 2. The van der Waals surface area contributed by atoms with Crippen LogP contribution in [-0.4, -0.2) is 56.7 Å². The molecule has 0 saturated carbocycles. The van der Waals surface area contributed by atoms with Gasteiger partial charge in [0.25, 0.3) is 0 Å². The van der Waals surface area contributed by atoms with Crippen LogP contribution in [0.3, 0.4) is 0 Å². The number of carbonyl (C=O) groups is 2. The van der Waals surface area contributed by atoms with E-state index in [0.29, 0.717) is 37.6 Å². The molecule has 0 amide bonds. The smallest absolute Gasteiger partial charge is 0.165 e. The molecular weight excluding hydrogens is 653 g/mol. The first-order valence-electron chi connectivity index (χ1n) is 17.9. The van der Waals surface area contributed by atoms with E-state index in [1.807, 2.05) is 72.7 Å². The molecule has 4 unspecified atom stereocenters. The Hall–Kier alpha value is -2.00. The third kappa shape index (κ3) is 18.2. The van der Waals surface area contributed by atoms with Crippen LogP contribution in [0.25, 0.3) is 0 Å². The summed E-state index contributed by atoms with van der Waals surface area (Å²) in [4.78, 5) is 22.9. The molecular formula is C41H68O6S2. The number of ketones is 2. The summed E-state index contributed by atoms with van der Waals surface area (Å²) in [6, 6.07) is 15.5. The maximum atomic E-state index is 12.0. The summed E-state index contributed by atoms with van der Waals surface area (Å²) < 4.78 is 11.9. The number of aliphatic hydroxyl groups is 1. The Morgan fingerprint density at radius 3 is 1.63 bits per heavy atom. The zero-order chi connectivity index (χ0) is 38.0. The summed E-state index contributed by atoms with van der Waals surface area (Å²) in [5.74, 6) is 2.34. The number of aromatic hydroxyl groups is 1. The van der Waals surface area contributed by atoms with Gasteiger partial charge in [0.05, 0.1) is 0 Å². The summed E-state index contributed by atoms with van der Waals surface area (Å²) >= 11 is 8.37. The molecule has 0 spiro atoms. The molecule has 2 aromatic rings. The normalized spacial score (nSPS) is 15.1. The molecule has 8 heteroatoms. The molecule has 0 aromatic heterocycles. The maximum Gasteiger partial charge on any atom is 0.165 e. The van der Waals surface area contributed by atoms with Gasteiger partial charge < -0.3 is 19.7 Å². The van der Waals surface area contributed by atoms with E-state index < -0.39 is 5.60 Å². The highest BCUT2D eigenvalue weighted by molar-refractivity contribution is 7.81. The molecule has 0 saturated heterocycles. The van der Waals surface area contributed by atoms with Gasteiger partial charge in [0.1, 0.15) is 28.5 Å². The van der Waals surface area contributed by atoms with E-state index in [4.69, 9.17) is 9.47 Å². The van der Waals surface area contributed by atoms with Crippen molar-refractivity contribution >= 4 is 36.8 Å². The van der Waals surface area contributed by atoms with Crippen LogP contribution in [0, 0.1) is 11.8 Å². The SMILES string of the molecule is CC(S)CC(=O)C(C)C.CCC(C)(CCO)Oc1ccc(C(C)(C)c2ccc(O)cc2)cc1.CCC(C)(OCCC(C)C)C(=O)CC(C)S. The molecule has 2 aromatic carbocycles. The lowest BCUT2D eigenvalue weighted by atomic mass is 9.78. The molecule has 0 radical (unpaired) electrons. The Bertz CT molecular complexity index is 1210. The van der Waals surface area contributed by atoms with Gasteiger partial charge in [0.15, 0.2) is 5.78 Å². The molecule has 2 rings (SSSR count). The van der Waals surface area contributed by atoms with Crippen LogP contribution in [0.15, 0.2) is 48.5 Å². The summed E-state index contributed by atoms with van der Waals surface area (Å²) in [5, 5.41) is 19.0. The second-order valence-electron chi connectivity index (χ2n) is 14.8. The highest BCUT2D eigenvalue weighted by atomic mass is 32.1. The fourth-order valence-corrected chi connectivity index (χ4v) is 5.06. The Morgan fingerprint density at radius 2 is 1.27 bits per heavy atom. The molecule has 4 atom stereocenters. The molecule has 0 aliphatic rings. The number of thiol groups is 2. The van der Waals surface area contributed by atoms with Crippen molar-refractivity contribution in [1.29, 1.82) is 0 Å². The van der Waals surface area contributed by atoms with Crippen LogP contribution < -0.4 is 4.74 Å². The molecule has 0 fully saturated rings. The van der Waals surface area contributed by atoms with Gasteiger partial charge in [-0.1, -0.05) is 93.5 Å². The number of aliphatic hydroxyl groups excluding tert-OH is 1. The topological polar surface area (TPSA) is 93.1 Å². The fraction of sp³-hybridized carbons (Fsp3) is 0.659. The fourth-order valence-electron chi connectivity index (χ4n) is 4.72. The van der Waals surface area contributed by atoms with Crippen molar-refractivity contribution in [2.45, 2.75) is 149 Å². The summed E-state index contributed by atoms with van der Waals surface area (Å²) in [6.07, 6.45) is 4.26. The standard InChI is InChI=1S/C21H28O3.C13H26O2S.C7H14OS/c1-5-21(4,14-15-22)24-19-12-8-17(9-13-19)20(2,3)16-6-10-18(23)11-7-16;1-6-13(5,12(14)9-11(4)16)15-8-7-10(2)3;1-5(2)7(8)4-6(3)9/h6-13,22-23H,5,14-15H2,1-4H3;10-11,16H,6-9H2,1-5H3;5-6,9H,4H2,1-3H3. The van der Waals surface area contributed by atoms with Gasteiger partial charge in [-0.3, -0.25) is 9.59 Å². The molecule has 6 nitrogen and oxygen atoms in total. The van der Waals surface area contributed by atoms with Gasteiger partial charge in [-0.25, -0.2) is 0 Å². The highest BCUT2D eigenvalue weighted by Gasteiger charge is 2.32. The van der Waals surface area contributed by atoms with E-state index in [1.165, 1.54) is 5.56 Å². The second kappa shape index (κ2) is 22.7. The van der Waals surface area contributed by atoms with E-state index in [9.17, 15) is 19.8 Å². The van der Waals surface area contributed by atoms with Crippen molar-refractivity contribution in [3.8, 4) is 11.5 Å². The Morgan fingerprint density at radius 1 is 0.776 bits per heavy atom. The lowest BCUT2D eigenvalue weighted by Gasteiger charge is -2.30. The third-order valence-electron chi connectivity index (χ3n) is 8.92. The minimum absolute atomic E-state index is 0.104. The summed E-state index contributed by atoms with van der Waals surface area (Å²) in [7, 11) is 0. The van der Waals surface area contributed by atoms with E-state index >= 15 is 0 Å². The number of rotatable bonds is 18. The van der Waals surface area contributed by atoms with Crippen molar-refractivity contribution in [3.63, 3.8) is 0 Å². The summed E-state index contributed by atoms with van der Waals surface area (Å²) in [5.41, 5.74) is 1.20. The number of hydrogen-bond donors (Lipinski definition) is 4. The van der Waals surface area contributed by atoms with Gasteiger partial charge in [-0.05, 0) is 74.4 Å². The Kier molecular flexibility index (Phi) is 21.8. The number of hydrogen-bond acceptors (Lipinski definition) is 8. The zero-order valence-electron chi connectivity index (χ0n) is 32.5. The average Bonchev–Trinajstić information content (AvgIpc) is 3.01. The quantitative estimate of drug-likeness (QED) is 0.115. The van der Waals surface area contributed by atoms with Crippen molar-refractivity contribution in [1.82, 2.24) is 0 Å². The van der Waals surface area contributed by atoms with Crippen LogP contribution in [0.1, 0.15) is 133 Å². The predicted octanol–water partition coefficient (Wildman–Crippen LogP) is 10.1.